The Kier molecular flexibility index (Phi) is 9.40. The van der Waals surface area contributed by atoms with E-state index < -0.39 is 11.8 Å². The standard InChI is InChI=1S/C25H23BrN4O6/c1-34-20-10-8-19(9-11-20)29-24(32)25(33)30-27-14-16-3-12-21(22(13-16)35-2)36-15-23(31)28-18-6-4-17(26)5-7-18/h3-14H,15H2,1-2H3,(H,28,31)(H,29,32)(H,30,33)/b27-14-. The molecule has 11 heteroatoms. The van der Waals surface area contributed by atoms with Crippen LogP contribution in [-0.2, 0) is 14.4 Å². The lowest BCUT2D eigenvalue weighted by molar-refractivity contribution is -0.136. The van der Waals surface area contributed by atoms with Crippen LogP contribution in [0.4, 0.5) is 11.4 Å². The fourth-order valence-electron chi connectivity index (χ4n) is 2.84. The predicted molar refractivity (Wildman–Crippen MR) is 139 cm³/mol. The molecule has 0 fully saturated rings. The van der Waals surface area contributed by atoms with Gasteiger partial charge in [0.1, 0.15) is 5.75 Å². The van der Waals surface area contributed by atoms with Gasteiger partial charge in [-0.3, -0.25) is 14.4 Å². The van der Waals surface area contributed by atoms with E-state index in [2.05, 4.69) is 37.1 Å². The molecule has 3 rings (SSSR count). The van der Waals surface area contributed by atoms with Gasteiger partial charge < -0.3 is 24.8 Å². The van der Waals surface area contributed by atoms with Crippen LogP contribution in [0.2, 0.25) is 0 Å². The number of rotatable bonds is 9. The molecule has 0 unspecified atom stereocenters. The number of hydrogen-bond acceptors (Lipinski definition) is 7. The van der Waals surface area contributed by atoms with Gasteiger partial charge in [-0.2, -0.15) is 5.10 Å². The Balaban J connectivity index is 1.51. The third-order valence-electron chi connectivity index (χ3n) is 4.61. The van der Waals surface area contributed by atoms with Crippen molar-refractivity contribution in [3.05, 3.63) is 76.8 Å². The molecular weight excluding hydrogens is 532 g/mol. The van der Waals surface area contributed by atoms with Crippen molar-refractivity contribution in [2.45, 2.75) is 0 Å². The average Bonchev–Trinajstić information content (AvgIpc) is 2.89. The third-order valence-corrected chi connectivity index (χ3v) is 5.14. The minimum Gasteiger partial charge on any atom is -0.497 e. The summed E-state index contributed by atoms with van der Waals surface area (Å²) in [5, 5.41) is 8.98. The lowest BCUT2D eigenvalue weighted by Gasteiger charge is -2.11. The predicted octanol–water partition coefficient (Wildman–Crippen LogP) is 3.57. The minimum atomic E-state index is -0.939. The van der Waals surface area contributed by atoms with E-state index in [1.807, 2.05) is 12.1 Å². The van der Waals surface area contributed by atoms with Crippen LogP contribution >= 0.6 is 15.9 Å². The van der Waals surface area contributed by atoms with Crippen molar-refractivity contribution in [2.75, 3.05) is 31.5 Å². The van der Waals surface area contributed by atoms with Crippen LogP contribution in [0.3, 0.4) is 0 Å². The zero-order chi connectivity index (χ0) is 25.9. The van der Waals surface area contributed by atoms with Crippen LogP contribution < -0.4 is 30.3 Å². The normalized spacial score (nSPS) is 10.4. The van der Waals surface area contributed by atoms with E-state index in [-0.39, 0.29) is 12.5 Å². The molecule has 3 aromatic carbocycles. The second kappa shape index (κ2) is 12.9. The molecule has 0 aliphatic carbocycles. The highest BCUT2D eigenvalue weighted by molar-refractivity contribution is 9.10. The molecule has 3 aromatic rings. The first-order valence-corrected chi connectivity index (χ1v) is 11.3. The Morgan fingerprint density at radius 3 is 2.17 bits per heavy atom. The first-order valence-electron chi connectivity index (χ1n) is 10.5. The smallest absolute Gasteiger partial charge is 0.329 e. The number of benzene rings is 3. The van der Waals surface area contributed by atoms with Crippen LogP contribution in [0.15, 0.2) is 76.3 Å². The van der Waals surface area contributed by atoms with Gasteiger partial charge in [-0.15, -0.1) is 0 Å². The molecule has 186 valence electrons. The molecule has 0 saturated carbocycles. The third kappa shape index (κ3) is 7.84. The van der Waals surface area contributed by atoms with Gasteiger partial charge in [-0.1, -0.05) is 15.9 Å². The van der Waals surface area contributed by atoms with E-state index in [0.29, 0.717) is 34.2 Å². The van der Waals surface area contributed by atoms with Gasteiger partial charge in [-0.25, -0.2) is 5.43 Å². The molecule has 0 bridgehead atoms. The van der Waals surface area contributed by atoms with Crippen molar-refractivity contribution < 1.29 is 28.6 Å². The van der Waals surface area contributed by atoms with Gasteiger partial charge in [0.05, 0.1) is 20.4 Å². The lowest BCUT2D eigenvalue weighted by atomic mass is 10.2. The summed E-state index contributed by atoms with van der Waals surface area (Å²) in [7, 11) is 2.98. The van der Waals surface area contributed by atoms with Crippen LogP contribution in [0, 0.1) is 0 Å². The SMILES string of the molecule is COc1ccc(NC(=O)C(=O)N/N=C\c2ccc(OCC(=O)Nc3ccc(Br)cc3)c(OC)c2)cc1. The Morgan fingerprint density at radius 1 is 0.833 bits per heavy atom. The van der Waals surface area contributed by atoms with Crippen LogP contribution in [0.25, 0.3) is 0 Å². The fourth-order valence-corrected chi connectivity index (χ4v) is 3.10. The number of nitrogens with zero attached hydrogens (tertiary/aromatic N) is 1. The molecule has 3 amide bonds. The van der Waals surface area contributed by atoms with Crippen LogP contribution in [-0.4, -0.2) is 44.8 Å². The number of nitrogens with one attached hydrogen (secondary N) is 3. The highest BCUT2D eigenvalue weighted by Crippen LogP contribution is 2.27. The van der Waals surface area contributed by atoms with E-state index in [1.54, 1.807) is 54.6 Å². The molecule has 0 aromatic heterocycles. The molecule has 10 nitrogen and oxygen atoms in total. The average molecular weight is 555 g/mol. The van der Waals surface area contributed by atoms with Gasteiger partial charge >= 0.3 is 11.8 Å². The Labute approximate surface area is 215 Å². The summed E-state index contributed by atoms with van der Waals surface area (Å²) in [6, 6.07) is 18.5. The summed E-state index contributed by atoms with van der Waals surface area (Å²) in [5.41, 5.74) is 3.80. The second-order valence-corrected chi connectivity index (χ2v) is 8.05. The molecule has 0 aliphatic heterocycles. The van der Waals surface area contributed by atoms with Crippen molar-refractivity contribution in [1.82, 2.24) is 5.43 Å². The highest BCUT2D eigenvalue weighted by atomic mass is 79.9. The van der Waals surface area contributed by atoms with E-state index in [4.69, 9.17) is 14.2 Å². The zero-order valence-electron chi connectivity index (χ0n) is 19.4. The number of hydrazone groups is 1. The number of anilines is 2. The number of ether oxygens (including phenoxy) is 3. The summed E-state index contributed by atoms with van der Waals surface area (Å²) < 4.78 is 16.8. The first kappa shape index (κ1) is 26.2. The zero-order valence-corrected chi connectivity index (χ0v) is 21.0. The number of carbonyl (C=O) groups is 3. The first-order chi connectivity index (χ1) is 17.4. The molecule has 0 spiro atoms. The summed E-state index contributed by atoms with van der Waals surface area (Å²) in [6.07, 6.45) is 1.34. The topological polar surface area (TPSA) is 127 Å². The molecular formula is C25H23BrN4O6. The van der Waals surface area contributed by atoms with Gasteiger partial charge in [0, 0.05) is 15.8 Å². The number of amides is 3. The maximum absolute atomic E-state index is 12.2. The molecule has 36 heavy (non-hydrogen) atoms. The molecule has 0 radical (unpaired) electrons. The van der Waals surface area contributed by atoms with Crippen molar-refractivity contribution in [3.63, 3.8) is 0 Å². The quantitative estimate of drug-likeness (QED) is 0.211. The molecule has 3 N–H and O–H groups in total. The van der Waals surface area contributed by atoms with Crippen LogP contribution in [0.1, 0.15) is 5.56 Å². The minimum absolute atomic E-state index is 0.223. The summed E-state index contributed by atoms with van der Waals surface area (Å²) in [6.45, 7) is -0.223. The lowest BCUT2D eigenvalue weighted by Crippen LogP contribution is -2.32. The largest absolute Gasteiger partial charge is 0.497 e. The molecule has 0 heterocycles. The van der Waals surface area contributed by atoms with Gasteiger partial charge in [0.25, 0.3) is 5.91 Å². The van der Waals surface area contributed by atoms with Crippen LogP contribution in [0.5, 0.6) is 17.2 Å². The Hall–Kier alpha value is -4.38. The van der Waals surface area contributed by atoms with Gasteiger partial charge in [0.15, 0.2) is 18.1 Å². The Bertz CT molecular complexity index is 1250. The molecule has 0 aliphatic rings. The van der Waals surface area contributed by atoms with Gasteiger partial charge in [0.2, 0.25) is 0 Å². The number of hydrogen-bond donors (Lipinski definition) is 3. The van der Waals surface area contributed by atoms with E-state index in [1.165, 1.54) is 20.4 Å². The molecule has 0 saturated heterocycles. The van der Waals surface area contributed by atoms with E-state index >= 15 is 0 Å². The van der Waals surface area contributed by atoms with Gasteiger partial charge in [-0.05, 0) is 72.3 Å². The number of halogens is 1. The fraction of sp³-hybridized carbons (Fsp3) is 0.120. The number of methoxy groups -OCH3 is 2. The second-order valence-electron chi connectivity index (χ2n) is 7.14. The number of carbonyl (C=O) groups excluding carboxylic acids is 3. The summed E-state index contributed by atoms with van der Waals surface area (Å²) in [4.78, 5) is 36.2. The maximum Gasteiger partial charge on any atom is 0.329 e. The van der Waals surface area contributed by atoms with Crippen molar-refractivity contribution in [1.29, 1.82) is 0 Å². The van der Waals surface area contributed by atoms with Crippen molar-refractivity contribution in [2.24, 2.45) is 5.10 Å². The maximum atomic E-state index is 12.2. The van der Waals surface area contributed by atoms with Crippen molar-refractivity contribution in [3.8, 4) is 17.2 Å². The highest BCUT2D eigenvalue weighted by Gasteiger charge is 2.13. The monoisotopic (exact) mass is 554 g/mol. The summed E-state index contributed by atoms with van der Waals surface area (Å²) >= 11 is 3.34. The van der Waals surface area contributed by atoms with E-state index in [0.717, 1.165) is 4.47 Å². The Morgan fingerprint density at radius 2 is 1.50 bits per heavy atom. The van der Waals surface area contributed by atoms with E-state index in [9.17, 15) is 14.4 Å². The summed E-state index contributed by atoms with van der Waals surface area (Å²) in [5.74, 6) is -0.813. The van der Waals surface area contributed by atoms with Crippen molar-refractivity contribution >= 4 is 51.2 Å². The molecule has 0 atom stereocenters.